The smallest absolute Gasteiger partial charge is 0.305 e. The molecule has 86 heavy (non-hydrogen) atoms. The zero-order valence-electron chi connectivity index (χ0n) is 58.3. The molecule has 0 spiro atoms. The van der Waals surface area contributed by atoms with E-state index in [1.54, 1.807) is 6.08 Å². The van der Waals surface area contributed by atoms with Crippen molar-refractivity contribution < 1.29 is 24.5 Å². The molecule has 3 N–H and O–H groups in total. The first-order valence-corrected chi connectivity index (χ1v) is 39.3. The van der Waals surface area contributed by atoms with Gasteiger partial charge in [-0.2, -0.15) is 0 Å². The highest BCUT2D eigenvalue weighted by molar-refractivity contribution is 5.76. The number of ether oxygens (including phenoxy) is 1. The minimum absolute atomic E-state index is 0.0149. The zero-order chi connectivity index (χ0) is 62.0. The van der Waals surface area contributed by atoms with E-state index in [4.69, 9.17) is 4.74 Å². The summed E-state index contributed by atoms with van der Waals surface area (Å²) in [5.41, 5.74) is 0. The fourth-order valence-corrected chi connectivity index (χ4v) is 12.4. The summed E-state index contributed by atoms with van der Waals surface area (Å²) in [5.74, 6) is -0.0461. The summed E-state index contributed by atoms with van der Waals surface area (Å²) < 4.78 is 5.50. The highest BCUT2D eigenvalue weighted by Crippen LogP contribution is 2.19. The molecule has 0 saturated heterocycles. The first kappa shape index (κ1) is 84.1. The van der Waals surface area contributed by atoms with Gasteiger partial charge in [0.25, 0.3) is 0 Å². The van der Waals surface area contributed by atoms with Gasteiger partial charge in [0.15, 0.2) is 0 Å². The monoisotopic (exact) mass is 1210 g/mol. The summed E-state index contributed by atoms with van der Waals surface area (Å²) in [6, 6.07) is -0.624. The van der Waals surface area contributed by atoms with Crippen molar-refractivity contribution in [3.63, 3.8) is 0 Å². The Morgan fingerprint density at radius 3 is 0.826 bits per heavy atom. The molecule has 0 fully saturated rings. The second-order valence-corrected chi connectivity index (χ2v) is 27.0. The van der Waals surface area contributed by atoms with Crippen LogP contribution in [0.15, 0.2) is 36.5 Å². The predicted octanol–water partition coefficient (Wildman–Crippen LogP) is 25.8. The topological polar surface area (TPSA) is 95.9 Å². The number of aliphatic hydroxyl groups excluding tert-OH is 2. The van der Waals surface area contributed by atoms with Crippen molar-refractivity contribution in [1.29, 1.82) is 0 Å². The highest BCUT2D eigenvalue weighted by atomic mass is 16.5. The van der Waals surface area contributed by atoms with Crippen molar-refractivity contribution in [2.24, 2.45) is 0 Å². The van der Waals surface area contributed by atoms with E-state index in [9.17, 15) is 19.8 Å². The standard InChI is InChI=1S/C80H153NO5/c1-3-5-7-9-11-13-15-17-44-48-52-56-60-64-68-72-78(83)77(76-82)81-79(84)73-69-65-61-57-53-49-46-42-40-38-36-34-32-30-28-26-24-22-20-19-21-23-25-27-29-31-33-35-37-39-41-43-47-51-55-59-63-67-71-75-86-80(85)74-70-66-62-58-54-50-45-18-16-14-12-10-8-6-4-2/h18-20,45,68,72,77-78,82-83H,3-17,21-44,46-67,69-71,73-76H2,1-2H3,(H,81,84)/b20-19-,45-18-,72-68+. The van der Waals surface area contributed by atoms with E-state index in [1.807, 2.05) is 6.08 Å². The number of allylic oxidation sites excluding steroid dienone is 5. The molecule has 6 nitrogen and oxygen atoms in total. The maximum atomic E-state index is 12.5. The predicted molar refractivity (Wildman–Crippen MR) is 379 cm³/mol. The minimum Gasteiger partial charge on any atom is -0.466 e. The molecule has 0 radical (unpaired) electrons. The fourth-order valence-electron chi connectivity index (χ4n) is 12.4. The number of hydrogen-bond acceptors (Lipinski definition) is 5. The maximum Gasteiger partial charge on any atom is 0.305 e. The van der Waals surface area contributed by atoms with E-state index >= 15 is 0 Å². The molecule has 0 aromatic carbocycles. The molecule has 6 heteroatoms. The van der Waals surface area contributed by atoms with Gasteiger partial charge >= 0.3 is 5.97 Å². The second-order valence-electron chi connectivity index (χ2n) is 27.0. The van der Waals surface area contributed by atoms with E-state index in [0.29, 0.717) is 19.4 Å². The molecule has 2 atom stereocenters. The van der Waals surface area contributed by atoms with E-state index < -0.39 is 12.1 Å². The van der Waals surface area contributed by atoms with Crippen LogP contribution in [0.25, 0.3) is 0 Å². The van der Waals surface area contributed by atoms with Crippen LogP contribution < -0.4 is 5.32 Å². The van der Waals surface area contributed by atoms with Crippen molar-refractivity contribution in [2.75, 3.05) is 13.2 Å². The molecule has 0 heterocycles. The number of aliphatic hydroxyl groups is 2. The van der Waals surface area contributed by atoms with Gasteiger partial charge in [0.1, 0.15) is 0 Å². The number of rotatable bonds is 74. The normalized spacial score (nSPS) is 12.7. The molecule has 0 aliphatic carbocycles. The lowest BCUT2D eigenvalue weighted by Crippen LogP contribution is -2.45. The number of esters is 1. The van der Waals surface area contributed by atoms with Crippen LogP contribution in [0.1, 0.15) is 438 Å². The van der Waals surface area contributed by atoms with Crippen molar-refractivity contribution in [3.05, 3.63) is 36.5 Å². The lowest BCUT2D eigenvalue weighted by Gasteiger charge is -2.20. The van der Waals surface area contributed by atoms with Gasteiger partial charge in [-0.25, -0.2) is 0 Å². The van der Waals surface area contributed by atoms with Crippen molar-refractivity contribution in [3.8, 4) is 0 Å². The Kier molecular flexibility index (Phi) is 73.9. The van der Waals surface area contributed by atoms with Gasteiger partial charge in [0.2, 0.25) is 5.91 Å². The van der Waals surface area contributed by atoms with Gasteiger partial charge in [0.05, 0.1) is 25.4 Å². The van der Waals surface area contributed by atoms with Gasteiger partial charge in [0, 0.05) is 12.8 Å². The number of carbonyl (C=O) groups is 2. The van der Waals surface area contributed by atoms with Crippen LogP contribution in [0, 0.1) is 0 Å². The van der Waals surface area contributed by atoms with E-state index in [2.05, 4.69) is 43.5 Å². The van der Waals surface area contributed by atoms with Crippen molar-refractivity contribution >= 4 is 11.9 Å². The molecule has 2 unspecified atom stereocenters. The summed E-state index contributed by atoms with van der Waals surface area (Å²) in [7, 11) is 0. The Morgan fingerprint density at radius 1 is 0.314 bits per heavy atom. The van der Waals surface area contributed by atoms with Gasteiger partial charge in [-0.1, -0.05) is 378 Å². The fraction of sp³-hybridized carbons (Fsp3) is 0.900. The molecule has 0 aromatic heterocycles. The molecule has 0 aromatic rings. The summed E-state index contributed by atoms with van der Waals surface area (Å²) >= 11 is 0. The van der Waals surface area contributed by atoms with Crippen molar-refractivity contribution in [1.82, 2.24) is 5.32 Å². The molecular formula is C80H153NO5. The number of carbonyl (C=O) groups excluding carboxylic acids is 2. The Morgan fingerprint density at radius 2 is 0.547 bits per heavy atom. The lowest BCUT2D eigenvalue weighted by molar-refractivity contribution is -0.143. The Balaban J connectivity index is 3.33. The third-order valence-corrected chi connectivity index (χ3v) is 18.4. The van der Waals surface area contributed by atoms with Crippen LogP contribution in [0.2, 0.25) is 0 Å². The van der Waals surface area contributed by atoms with Crippen LogP contribution in [-0.2, 0) is 14.3 Å². The highest BCUT2D eigenvalue weighted by Gasteiger charge is 2.18. The van der Waals surface area contributed by atoms with Crippen LogP contribution >= 0.6 is 0 Å². The zero-order valence-corrected chi connectivity index (χ0v) is 58.3. The first-order chi connectivity index (χ1) is 42.5. The minimum atomic E-state index is -0.841. The summed E-state index contributed by atoms with van der Waals surface area (Å²) in [6.45, 7) is 4.93. The molecule has 0 bridgehead atoms. The second kappa shape index (κ2) is 75.5. The molecule has 0 saturated carbocycles. The largest absolute Gasteiger partial charge is 0.466 e. The quantitative estimate of drug-likeness (QED) is 0.0320. The van der Waals surface area contributed by atoms with Crippen molar-refractivity contribution in [2.45, 2.75) is 450 Å². The van der Waals surface area contributed by atoms with E-state index in [1.165, 1.54) is 366 Å². The number of unbranched alkanes of at least 4 members (excludes halogenated alkanes) is 59. The Hall–Kier alpha value is -1.92. The number of nitrogens with one attached hydrogen (secondary N) is 1. The van der Waals surface area contributed by atoms with Gasteiger partial charge < -0.3 is 20.3 Å². The molecular weight excluding hydrogens is 1050 g/mol. The molecule has 0 rings (SSSR count). The molecule has 0 aliphatic heterocycles. The lowest BCUT2D eigenvalue weighted by atomic mass is 10.0. The van der Waals surface area contributed by atoms with Crippen LogP contribution in [0.5, 0.6) is 0 Å². The van der Waals surface area contributed by atoms with E-state index in [0.717, 1.165) is 44.9 Å². The molecule has 1 amide bonds. The SMILES string of the molecule is CCCCCCCC/C=C\CCCCCCCC(=O)OCCCCCCCCCCCCCCCCCCCC/C=C\CCCCCCCCCCCCCCCCCCCC(=O)NC(CO)C(O)/C=C/CCCCCCCCCCCCCCC. The van der Waals surface area contributed by atoms with Crippen LogP contribution in [-0.4, -0.2) is 47.4 Å². The van der Waals surface area contributed by atoms with Crippen LogP contribution in [0.4, 0.5) is 0 Å². The average molecular weight is 1210 g/mol. The average Bonchev–Trinajstić information content (AvgIpc) is 3.54. The van der Waals surface area contributed by atoms with Gasteiger partial charge in [-0.3, -0.25) is 9.59 Å². The van der Waals surface area contributed by atoms with E-state index in [-0.39, 0.29) is 18.5 Å². The van der Waals surface area contributed by atoms with Gasteiger partial charge in [-0.05, 0) is 83.5 Å². The van der Waals surface area contributed by atoms with Crippen LogP contribution in [0.3, 0.4) is 0 Å². The Labute approximate surface area is 538 Å². The number of amides is 1. The summed E-state index contributed by atoms with van der Waals surface area (Å²) in [6.07, 6.45) is 98.5. The number of hydrogen-bond donors (Lipinski definition) is 3. The Bertz CT molecular complexity index is 1390. The third kappa shape index (κ3) is 71.2. The first-order valence-electron chi connectivity index (χ1n) is 39.3. The molecule has 508 valence electrons. The summed E-state index contributed by atoms with van der Waals surface area (Å²) in [4.78, 5) is 24.6. The summed E-state index contributed by atoms with van der Waals surface area (Å²) in [5, 5.41) is 23.2. The third-order valence-electron chi connectivity index (χ3n) is 18.4. The maximum absolute atomic E-state index is 12.5. The van der Waals surface area contributed by atoms with Gasteiger partial charge in [-0.15, -0.1) is 0 Å². The molecule has 0 aliphatic rings.